The van der Waals surface area contributed by atoms with Crippen molar-refractivity contribution in [3.05, 3.63) is 35.9 Å². The number of nitrogens with one attached hydrogen (secondary N) is 1. The van der Waals surface area contributed by atoms with Crippen molar-refractivity contribution >= 4 is 0 Å². The van der Waals surface area contributed by atoms with E-state index >= 15 is 0 Å². The first-order chi connectivity index (χ1) is 8.92. The van der Waals surface area contributed by atoms with Gasteiger partial charge >= 0.3 is 0 Å². The van der Waals surface area contributed by atoms with Crippen LogP contribution in [0.2, 0.25) is 0 Å². The maximum Gasteiger partial charge on any atom is 0.170 e. The van der Waals surface area contributed by atoms with E-state index in [1.807, 2.05) is 0 Å². The molecule has 1 aliphatic carbocycles. The number of rotatable bonds is 6. The quantitative estimate of drug-likeness (QED) is 0.833. The second-order valence-electron chi connectivity index (χ2n) is 5.21. The molecule has 3 heteroatoms. The molecule has 0 bridgehead atoms. The Bertz CT molecular complexity index is 358. The van der Waals surface area contributed by atoms with Gasteiger partial charge in [-0.3, -0.25) is 0 Å². The molecule has 1 atom stereocenters. The first-order valence-electron chi connectivity index (χ1n) is 6.92. The zero-order valence-electron chi connectivity index (χ0n) is 10.7. The molecule has 0 amide bonds. The second-order valence-corrected chi connectivity index (χ2v) is 5.21. The van der Waals surface area contributed by atoms with Gasteiger partial charge in [-0.1, -0.05) is 30.3 Å². The fourth-order valence-electron chi connectivity index (χ4n) is 2.54. The van der Waals surface area contributed by atoms with Crippen molar-refractivity contribution in [3.63, 3.8) is 0 Å². The van der Waals surface area contributed by atoms with Crippen LogP contribution in [0.1, 0.15) is 18.4 Å². The maximum atomic E-state index is 5.47. The van der Waals surface area contributed by atoms with Gasteiger partial charge in [0.15, 0.2) is 6.29 Å². The number of benzene rings is 1. The summed E-state index contributed by atoms with van der Waals surface area (Å²) in [6.07, 6.45) is 3.79. The normalized spacial score (nSPS) is 22.2. The highest BCUT2D eigenvalue weighted by Gasteiger charge is 2.31. The second kappa shape index (κ2) is 5.83. The Morgan fingerprint density at radius 2 is 1.83 bits per heavy atom. The summed E-state index contributed by atoms with van der Waals surface area (Å²) in [5.74, 6) is 0.839. The van der Waals surface area contributed by atoms with Crippen LogP contribution in [-0.4, -0.2) is 32.1 Å². The summed E-state index contributed by atoms with van der Waals surface area (Å²) in [7, 11) is 0. The maximum absolute atomic E-state index is 5.47. The van der Waals surface area contributed by atoms with Gasteiger partial charge in [-0.25, -0.2) is 0 Å². The molecule has 98 valence electrons. The molecule has 2 fully saturated rings. The topological polar surface area (TPSA) is 30.5 Å². The van der Waals surface area contributed by atoms with Gasteiger partial charge in [0.2, 0.25) is 0 Å². The zero-order valence-corrected chi connectivity index (χ0v) is 10.7. The Hall–Kier alpha value is -0.900. The zero-order chi connectivity index (χ0) is 12.2. The minimum Gasteiger partial charge on any atom is -0.349 e. The molecule has 1 aromatic carbocycles. The Balaban J connectivity index is 1.52. The number of hydrogen-bond donors (Lipinski definition) is 1. The molecule has 1 N–H and O–H groups in total. The molecule has 1 heterocycles. The van der Waals surface area contributed by atoms with Crippen molar-refractivity contribution in [3.8, 4) is 0 Å². The van der Waals surface area contributed by atoms with Crippen LogP contribution in [0.5, 0.6) is 0 Å². The van der Waals surface area contributed by atoms with Gasteiger partial charge < -0.3 is 14.8 Å². The molecule has 1 saturated carbocycles. The predicted molar refractivity (Wildman–Crippen MR) is 70.4 cm³/mol. The lowest BCUT2D eigenvalue weighted by Crippen LogP contribution is -2.38. The molecule has 0 aromatic heterocycles. The van der Waals surface area contributed by atoms with Gasteiger partial charge in [0, 0.05) is 12.6 Å². The van der Waals surface area contributed by atoms with Gasteiger partial charge in [0.05, 0.1) is 13.2 Å². The van der Waals surface area contributed by atoms with E-state index in [9.17, 15) is 0 Å². The van der Waals surface area contributed by atoms with Crippen molar-refractivity contribution in [2.75, 3.05) is 19.8 Å². The van der Waals surface area contributed by atoms with Gasteiger partial charge in [-0.15, -0.1) is 0 Å². The van der Waals surface area contributed by atoms with Gasteiger partial charge in [0.25, 0.3) is 0 Å². The molecule has 2 aliphatic rings. The smallest absolute Gasteiger partial charge is 0.170 e. The summed E-state index contributed by atoms with van der Waals surface area (Å²) in [5, 5.41) is 3.62. The van der Waals surface area contributed by atoms with Gasteiger partial charge in [-0.05, 0) is 30.7 Å². The van der Waals surface area contributed by atoms with E-state index in [1.54, 1.807) is 0 Å². The van der Waals surface area contributed by atoms with E-state index in [2.05, 4.69) is 35.6 Å². The van der Waals surface area contributed by atoms with Crippen molar-refractivity contribution in [2.45, 2.75) is 31.6 Å². The van der Waals surface area contributed by atoms with E-state index in [0.29, 0.717) is 6.04 Å². The highest BCUT2D eigenvalue weighted by molar-refractivity contribution is 5.16. The Morgan fingerprint density at radius 1 is 1.11 bits per heavy atom. The van der Waals surface area contributed by atoms with Crippen LogP contribution in [0.3, 0.4) is 0 Å². The van der Waals surface area contributed by atoms with Crippen LogP contribution in [0.15, 0.2) is 30.3 Å². The molecule has 3 rings (SSSR count). The fraction of sp³-hybridized carbons (Fsp3) is 0.600. The molecule has 0 radical (unpaired) electrons. The van der Waals surface area contributed by atoms with E-state index in [-0.39, 0.29) is 6.29 Å². The SMILES string of the molecule is c1ccc(CC(NCC2OCCO2)C2CC2)cc1. The predicted octanol–water partition coefficient (Wildman–Crippen LogP) is 1.97. The number of hydrogen-bond acceptors (Lipinski definition) is 3. The largest absolute Gasteiger partial charge is 0.349 e. The average molecular weight is 247 g/mol. The third kappa shape index (κ3) is 3.31. The van der Waals surface area contributed by atoms with Crippen LogP contribution >= 0.6 is 0 Å². The summed E-state index contributed by atoms with van der Waals surface area (Å²) in [6, 6.07) is 11.3. The summed E-state index contributed by atoms with van der Waals surface area (Å²) in [5.41, 5.74) is 1.41. The lowest BCUT2D eigenvalue weighted by Gasteiger charge is -2.20. The molecular formula is C15H21NO2. The summed E-state index contributed by atoms with van der Waals surface area (Å²) >= 11 is 0. The average Bonchev–Trinajstić information content (AvgIpc) is 3.12. The van der Waals surface area contributed by atoms with Crippen LogP contribution in [0, 0.1) is 5.92 Å². The lowest BCUT2D eigenvalue weighted by atomic mass is 10.0. The van der Waals surface area contributed by atoms with E-state index in [4.69, 9.17) is 9.47 Å². The third-order valence-corrected chi connectivity index (χ3v) is 3.73. The van der Waals surface area contributed by atoms with Crippen LogP contribution < -0.4 is 5.32 Å². The highest BCUT2D eigenvalue weighted by atomic mass is 16.7. The monoisotopic (exact) mass is 247 g/mol. The Labute approximate surface area is 108 Å². The van der Waals surface area contributed by atoms with Gasteiger partial charge in [-0.2, -0.15) is 0 Å². The first kappa shape index (κ1) is 12.2. The Kier molecular flexibility index (Phi) is 3.93. The molecule has 0 spiro atoms. The summed E-state index contributed by atoms with van der Waals surface area (Å²) in [6.45, 7) is 2.28. The Morgan fingerprint density at radius 3 is 2.50 bits per heavy atom. The summed E-state index contributed by atoms with van der Waals surface area (Å²) in [4.78, 5) is 0. The minimum absolute atomic E-state index is 0.0398. The standard InChI is InChI=1S/C15H21NO2/c1-2-4-12(5-3-1)10-14(13-6-7-13)16-11-15-17-8-9-18-15/h1-5,13-16H,6-11H2. The van der Waals surface area contributed by atoms with Crippen LogP contribution in [-0.2, 0) is 15.9 Å². The van der Waals surface area contributed by atoms with Crippen LogP contribution in [0.4, 0.5) is 0 Å². The van der Waals surface area contributed by atoms with Crippen molar-refractivity contribution in [1.82, 2.24) is 5.32 Å². The number of ether oxygens (including phenoxy) is 2. The van der Waals surface area contributed by atoms with E-state index in [0.717, 1.165) is 32.1 Å². The molecular weight excluding hydrogens is 226 g/mol. The molecule has 18 heavy (non-hydrogen) atoms. The molecule has 1 aromatic rings. The van der Waals surface area contributed by atoms with E-state index < -0.39 is 0 Å². The van der Waals surface area contributed by atoms with Gasteiger partial charge in [0.1, 0.15) is 0 Å². The third-order valence-electron chi connectivity index (χ3n) is 3.73. The van der Waals surface area contributed by atoms with Crippen molar-refractivity contribution < 1.29 is 9.47 Å². The van der Waals surface area contributed by atoms with Crippen LogP contribution in [0.25, 0.3) is 0 Å². The van der Waals surface area contributed by atoms with Crippen molar-refractivity contribution in [2.24, 2.45) is 5.92 Å². The fourth-order valence-corrected chi connectivity index (χ4v) is 2.54. The highest BCUT2D eigenvalue weighted by Crippen LogP contribution is 2.34. The first-order valence-corrected chi connectivity index (χ1v) is 6.92. The summed E-state index contributed by atoms with van der Waals surface area (Å²) < 4.78 is 10.9. The molecule has 1 aliphatic heterocycles. The van der Waals surface area contributed by atoms with Crippen molar-refractivity contribution in [1.29, 1.82) is 0 Å². The molecule has 1 unspecified atom stereocenters. The lowest BCUT2D eigenvalue weighted by molar-refractivity contribution is -0.0409. The molecule has 3 nitrogen and oxygen atoms in total. The minimum atomic E-state index is -0.0398. The molecule has 1 saturated heterocycles. The van der Waals surface area contributed by atoms with E-state index in [1.165, 1.54) is 18.4 Å².